The van der Waals surface area contributed by atoms with Crippen LogP contribution in [-0.4, -0.2) is 31.1 Å². The Morgan fingerprint density at radius 1 is 1.20 bits per heavy atom. The number of ether oxygens (including phenoxy) is 1. The molecule has 3 unspecified atom stereocenters. The number of benzene rings is 1. The summed E-state index contributed by atoms with van der Waals surface area (Å²) in [4.78, 5) is 24.1. The van der Waals surface area contributed by atoms with Crippen molar-refractivity contribution in [1.29, 1.82) is 0 Å². The number of carbonyl (C=O) groups excluding carboxylic acids is 2. The third-order valence-corrected chi connectivity index (χ3v) is 5.45. The molecule has 2 fully saturated rings. The predicted molar refractivity (Wildman–Crippen MR) is 95.9 cm³/mol. The highest BCUT2D eigenvalue weighted by Gasteiger charge is 2.34. The summed E-state index contributed by atoms with van der Waals surface area (Å²) in [5.41, 5.74) is 1.03. The van der Waals surface area contributed by atoms with Gasteiger partial charge in [-0.1, -0.05) is 30.3 Å². The monoisotopic (exact) mass is 344 g/mol. The minimum atomic E-state index is -0.245. The second-order valence-corrected chi connectivity index (χ2v) is 7.33. The van der Waals surface area contributed by atoms with E-state index in [4.69, 9.17) is 4.74 Å². The van der Waals surface area contributed by atoms with Crippen LogP contribution in [0, 0.1) is 5.92 Å². The lowest BCUT2D eigenvalue weighted by atomic mass is 9.89. The SMILES string of the molecule is COC(=O)CCC(NC(=O)CC1CC2CCC(C1)N2)c1ccccc1. The van der Waals surface area contributed by atoms with Crippen LogP contribution in [0.2, 0.25) is 0 Å². The van der Waals surface area contributed by atoms with Gasteiger partial charge in [0.1, 0.15) is 0 Å². The number of hydrogen-bond donors (Lipinski definition) is 2. The molecule has 2 heterocycles. The maximum atomic E-state index is 12.6. The summed E-state index contributed by atoms with van der Waals surface area (Å²) in [5, 5.41) is 6.76. The first-order valence-electron chi connectivity index (χ1n) is 9.31. The quantitative estimate of drug-likeness (QED) is 0.747. The average Bonchev–Trinajstić information content (AvgIpc) is 2.97. The highest BCUT2D eigenvalue weighted by atomic mass is 16.5. The lowest BCUT2D eigenvalue weighted by molar-refractivity contribution is -0.141. The highest BCUT2D eigenvalue weighted by Crippen LogP contribution is 2.32. The van der Waals surface area contributed by atoms with Crippen molar-refractivity contribution >= 4 is 11.9 Å². The van der Waals surface area contributed by atoms with Gasteiger partial charge in [-0.15, -0.1) is 0 Å². The Kier molecular flexibility index (Phi) is 6.08. The van der Waals surface area contributed by atoms with Crippen molar-refractivity contribution in [3.8, 4) is 0 Å². The summed E-state index contributed by atoms with van der Waals surface area (Å²) in [6.07, 6.45) is 6.12. The van der Waals surface area contributed by atoms with Crippen molar-refractivity contribution in [3.63, 3.8) is 0 Å². The van der Waals surface area contributed by atoms with Crippen LogP contribution >= 0.6 is 0 Å². The molecule has 3 rings (SSSR count). The van der Waals surface area contributed by atoms with Crippen molar-refractivity contribution in [2.24, 2.45) is 5.92 Å². The number of fused-ring (bicyclic) bond motifs is 2. The summed E-state index contributed by atoms with van der Waals surface area (Å²) in [7, 11) is 1.39. The van der Waals surface area contributed by atoms with Crippen molar-refractivity contribution < 1.29 is 14.3 Å². The van der Waals surface area contributed by atoms with Gasteiger partial charge in [-0.25, -0.2) is 0 Å². The molecule has 2 aliphatic rings. The molecule has 1 aromatic carbocycles. The fourth-order valence-corrected chi connectivity index (χ4v) is 4.23. The smallest absolute Gasteiger partial charge is 0.305 e. The van der Waals surface area contributed by atoms with Gasteiger partial charge in [0, 0.05) is 24.9 Å². The van der Waals surface area contributed by atoms with Crippen molar-refractivity contribution in [1.82, 2.24) is 10.6 Å². The van der Waals surface area contributed by atoms with E-state index >= 15 is 0 Å². The summed E-state index contributed by atoms with van der Waals surface area (Å²) < 4.78 is 4.73. The molecule has 3 atom stereocenters. The molecule has 1 aromatic rings. The number of piperidine rings is 1. The molecule has 5 nitrogen and oxygen atoms in total. The van der Waals surface area contributed by atoms with Crippen LogP contribution in [0.4, 0.5) is 0 Å². The normalized spacial score (nSPS) is 26.0. The summed E-state index contributed by atoms with van der Waals surface area (Å²) >= 11 is 0. The molecule has 0 spiro atoms. The Morgan fingerprint density at radius 3 is 2.52 bits per heavy atom. The molecular formula is C20H28N2O3. The second-order valence-electron chi connectivity index (χ2n) is 7.33. The molecule has 2 N–H and O–H groups in total. The molecule has 0 radical (unpaired) electrons. The van der Waals surface area contributed by atoms with E-state index in [1.54, 1.807) is 0 Å². The maximum absolute atomic E-state index is 12.6. The van der Waals surface area contributed by atoms with Gasteiger partial charge in [0.05, 0.1) is 13.2 Å². The first kappa shape index (κ1) is 17.9. The summed E-state index contributed by atoms with van der Waals surface area (Å²) in [6.45, 7) is 0. The van der Waals surface area contributed by atoms with Gasteiger partial charge in [-0.2, -0.15) is 0 Å². The Labute approximate surface area is 149 Å². The van der Waals surface area contributed by atoms with Gasteiger partial charge in [0.25, 0.3) is 0 Å². The van der Waals surface area contributed by atoms with Crippen LogP contribution in [0.5, 0.6) is 0 Å². The summed E-state index contributed by atoms with van der Waals surface area (Å²) in [6, 6.07) is 10.9. The Morgan fingerprint density at radius 2 is 1.88 bits per heavy atom. The number of nitrogens with one attached hydrogen (secondary N) is 2. The number of amides is 1. The first-order valence-corrected chi connectivity index (χ1v) is 9.31. The molecule has 2 bridgehead atoms. The standard InChI is InChI=1S/C20H28N2O3/c1-25-20(24)10-9-18(15-5-3-2-4-6-15)22-19(23)13-14-11-16-7-8-17(12-14)21-16/h2-6,14,16-18,21H,7-13H2,1H3,(H,22,23). The van der Waals surface area contributed by atoms with Gasteiger partial charge in [-0.05, 0) is 43.6 Å². The highest BCUT2D eigenvalue weighted by molar-refractivity contribution is 5.77. The van der Waals surface area contributed by atoms with Crippen molar-refractivity contribution in [2.45, 2.75) is 63.1 Å². The van der Waals surface area contributed by atoms with Crippen LogP contribution in [0.25, 0.3) is 0 Å². The minimum Gasteiger partial charge on any atom is -0.469 e. The Balaban J connectivity index is 1.57. The Bertz CT molecular complexity index is 578. The van der Waals surface area contributed by atoms with Gasteiger partial charge >= 0.3 is 5.97 Å². The average molecular weight is 344 g/mol. The zero-order valence-corrected chi connectivity index (χ0v) is 14.9. The van der Waals surface area contributed by atoms with Gasteiger partial charge < -0.3 is 15.4 Å². The molecule has 2 aliphatic heterocycles. The molecular weight excluding hydrogens is 316 g/mol. The van der Waals surface area contributed by atoms with Crippen LogP contribution in [-0.2, 0) is 14.3 Å². The van der Waals surface area contributed by atoms with Crippen LogP contribution < -0.4 is 10.6 Å². The van der Waals surface area contributed by atoms with Gasteiger partial charge in [-0.3, -0.25) is 9.59 Å². The van der Waals surface area contributed by atoms with Crippen molar-refractivity contribution in [3.05, 3.63) is 35.9 Å². The molecule has 136 valence electrons. The molecule has 0 saturated carbocycles. The van der Waals surface area contributed by atoms with Crippen LogP contribution in [0.1, 0.15) is 56.6 Å². The predicted octanol–water partition coefficient (Wildman–Crippen LogP) is 2.72. The maximum Gasteiger partial charge on any atom is 0.305 e. The molecule has 0 aromatic heterocycles. The second kappa shape index (κ2) is 8.48. The van der Waals surface area contributed by atoms with E-state index in [1.165, 1.54) is 20.0 Å². The van der Waals surface area contributed by atoms with Crippen LogP contribution in [0.3, 0.4) is 0 Å². The molecule has 1 amide bonds. The largest absolute Gasteiger partial charge is 0.469 e. The lowest BCUT2D eigenvalue weighted by Gasteiger charge is -2.29. The molecule has 0 aliphatic carbocycles. The Hall–Kier alpha value is -1.88. The van der Waals surface area contributed by atoms with Crippen molar-refractivity contribution in [2.75, 3.05) is 7.11 Å². The zero-order valence-electron chi connectivity index (χ0n) is 14.9. The number of methoxy groups -OCH3 is 1. The third kappa shape index (κ3) is 5.05. The minimum absolute atomic E-state index is 0.0880. The number of carbonyl (C=O) groups is 2. The fourth-order valence-electron chi connectivity index (χ4n) is 4.23. The topological polar surface area (TPSA) is 67.4 Å². The van der Waals surface area contributed by atoms with E-state index in [1.807, 2.05) is 30.3 Å². The van der Waals surface area contributed by atoms with E-state index in [0.717, 1.165) is 18.4 Å². The molecule has 5 heteroatoms. The number of hydrogen-bond acceptors (Lipinski definition) is 4. The fraction of sp³-hybridized carbons (Fsp3) is 0.600. The molecule has 25 heavy (non-hydrogen) atoms. The number of rotatable bonds is 7. The lowest BCUT2D eigenvalue weighted by Crippen LogP contribution is -2.40. The first-order chi connectivity index (χ1) is 12.1. The van der Waals surface area contributed by atoms with E-state index in [2.05, 4.69) is 10.6 Å². The molecule has 2 saturated heterocycles. The van der Waals surface area contributed by atoms with E-state index in [0.29, 0.717) is 37.3 Å². The van der Waals surface area contributed by atoms with E-state index < -0.39 is 0 Å². The number of esters is 1. The van der Waals surface area contributed by atoms with E-state index in [-0.39, 0.29) is 17.9 Å². The summed E-state index contributed by atoms with van der Waals surface area (Å²) in [5.74, 6) is 0.311. The van der Waals surface area contributed by atoms with Gasteiger partial charge in [0.2, 0.25) is 5.91 Å². The van der Waals surface area contributed by atoms with Crippen LogP contribution in [0.15, 0.2) is 30.3 Å². The zero-order chi connectivity index (χ0) is 17.6. The van der Waals surface area contributed by atoms with E-state index in [9.17, 15) is 9.59 Å². The van der Waals surface area contributed by atoms with Gasteiger partial charge in [0.15, 0.2) is 0 Å². The third-order valence-electron chi connectivity index (χ3n) is 5.45.